The largest absolute Gasteiger partial charge is 0.271 e. The van der Waals surface area contributed by atoms with E-state index >= 15 is 0 Å². The molecule has 1 heterocycles. The standard InChI is InChI=1S/C10H14BN/c1-4-7(2)9-6-12-10(11)5-8(9)3/h5-6H,2,4,11H2,1,3H3. The molecule has 1 rings (SSSR count). The molecule has 1 nitrogen and oxygen atoms in total. The second-order valence-electron chi connectivity index (χ2n) is 3.10. The Hall–Kier alpha value is -1.05. The van der Waals surface area contributed by atoms with Crippen LogP contribution in [0.15, 0.2) is 18.8 Å². The zero-order chi connectivity index (χ0) is 9.14. The van der Waals surface area contributed by atoms with Gasteiger partial charge >= 0.3 is 0 Å². The predicted molar refractivity (Wildman–Crippen MR) is 56.5 cm³/mol. The molecule has 0 aliphatic heterocycles. The maximum Gasteiger partial charge on any atom is 0.163 e. The number of aryl methyl sites for hydroxylation is 1. The molecule has 0 bridgehead atoms. The first-order valence-electron chi connectivity index (χ1n) is 4.26. The van der Waals surface area contributed by atoms with E-state index in [0.29, 0.717) is 0 Å². The summed E-state index contributed by atoms with van der Waals surface area (Å²) >= 11 is 0. The lowest BCUT2D eigenvalue weighted by molar-refractivity contribution is 1.21. The van der Waals surface area contributed by atoms with E-state index in [2.05, 4.69) is 31.5 Å². The van der Waals surface area contributed by atoms with Crippen LogP contribution in [0.4, 0.5) is 0 Å². The van der Waals surface area contributed by atoms with E-state index in [4.69, 9.17) is 0 Å². The molecule has 1 aromatic heterocycles. The van der Waals surface area contributed by atoms with Crippen molar-refractivity contribution >= 4 is 19.0 Å². The second-order valence-corrected chi connectivity index (χ2v) is 3.10. The van der Waals surface area contributed by atoms with Crippen LogP contribution >= 0.6 is 0 Å². The molecular formula is C10H14BN. The Balaban J connectivity index is 3.09. The van der Waals surface area contributed by atoms with Crippen LogP contribution in [0, 0.1) is 6.92 Å². The number of hydrogen-bond donors (Lipinski definition) is 0. The minimum atomic E-state index is 0.992. The van der Waals surface area contributed by atoms with Crippen molar-refractivity contribution in [3.8, 4) is 0 Å². The molecule has 62 valence electrons. The molecule has 2 heteroatoms. The molecule has 0 aliphatic rings. The van der Waals surface area contributed by atoms with Gasteiger partial charge in [-0.15, -0.1) is 0 Å². The average molecular weight is 159 g/mol. The smallest absolute Gasteiger partial charge is 0.163 e. The zero-order valence-corrected chi connectivity index (χ0v) is 8.02. The number of aromatic nitrogens is 1. The third-order valence-electron chi connectivity index (χ3n) is 2.06. The van der Waals surface area contributed by atoms with E-state index in [1.165, 1.54) is 16.7 Å². The molecule has 0 spiro atoms. The molecule has 0 aliphatic carbocycles. The molecule has 0 radical (unpaired) electrons. The fourth-order valence-electron chi connectivity index (χ4n) is 1.26. The summed E-state index contributed by atoms with van der Waals surface area (Å²) in [5, 5.41) is 0. The SMILES string of the molecule is Bc1cc(C)c(C(=C)CC)cn1. The van der Waals surface area contributed by atoms with E-state index in [9.17, 15) is 0 Å². The summed E-state index contributed by atoms with van der Waals surface area (Å²) in [7, 11) is 2.01. The molecule has 0 amide bonds. The van der Waals surface area contributed by atoms with Gasteiger partial charge in [-0.3, -0.25) is 4.98 Å². The van der Waals surface area contributed by atoms with Crippen molar-refractivity contribution in [2.45, 2.75) is 20.3 Å². The number of pyridine rings is 1. The first-order chi connectivity index (χ1) is 5.65. The number of allylic oxidation sites excluding steroid dienone is 1. The van der Waals surface area contributed by atoms with Crippen molar-refractivity contribution in [2.24, 2.45) is 0 Å². The van der Waals surface area contributed by atoms with Gasteiger partial charge in [0.25, 0.3) is 0 Å². The number of rotatable bonds is 2. The molecule has 0 saturated heterocycles. The van der Waals surface area contributed by atoms with Gasteiger partial charge in [0.2, 0.25) is 0 Å². The zero-order valence-electron chi connectivity index (χ0n) is 8.02. The number of hydrogen-bond acceptors (Lipinski definition) is 1. The number of nitrogens with zero attached hydrogens (tertiary/aromatic N) is 1. The quantitative estimate of drug-likeness (QED) is 0.588. The van der Waals surface area contributed by atoms with Gasteiger partial charge in [0, 0.05) is 6.20 Å². The Kier molecular flexibility index (Phi) is 2.69. The summed E-state index contributed by atoms with van der Waals surface area (Å²) in [4.78, 5) is 4.25. The van der Waals surface area contributed by atoms with Gasteiger partial charge < -0.3 is 0 Å². The topological polar surface area (TPSA) is 12.9 Å². The summed E-state index contributed by atoms with van der Waals surface area (Å²) in [5.74, 6) is 0. The van der Waals surface area contributed by atoms with E-state index in [0.717, 1.165) is 12.0 Å². The first-order valence-corrected chi connectivity index (χ1v) is 4.26. The van der Waals surface area contributed by atoms with Crippen LogP contribution in [-0.2, 0) is 0 Å². The summed E-state index contributed by atoms with van der Waals surface area (Å²) in [6, 6.07) is 2.09. The van der Waals surface area contributed by atoms with Crippen molar-refractivity contribution in [2.75, 3.05) is 0 Å². The maximum absolute atomic E-state index is 4.25. The molecule has 0 atom stereocenters. The lowest BCUT2D eigenvalue weighted by atomic mass is 9.96. The van der Waals surface area contributed by atoms with E-state index in [-0.39, 0.29) is 0 Å². The van der Waals surface area contributed by atoms with Crippen LogP contribution in [0.1, 0.15) is 24.5 Å². The molecule has 1 aromatic rings. The van der Waals surface area contributed by atoms with Gasteiger partial charge in [0.15, 0.2) is 7.85 Å². The Morgan fingerprint density at radius 2 is 2.33 bits per heavy atom. The molecule has 0 fully saturated rings. The average Bonchev–Trinajstić information content (AvgIpc) is 2.03. The summed E-state index contributed by atoms with van der Waals surface area (Å²) in [6.07, 6.45) is 2.90. The van der Waals surface area contributed by atoms with Gasteiger partial charge in [-0.05, 0) is 41.7 Å². The van der Waals surface area contributed by atoms with Crippen molar-refractivity contribution in [3.63, 3.8) is 0 Å². The Morgan fingerprint density at radius 1 is 1.67 bits per heavy atom. The maximum atomic E-state index is 4.25. The van der Waals surface area contributed by atoms with Gasteiger partial charge in [0.1, 0.15) is 0 Å². The fraction of sp³-hybridized carbons (Fsp3) is 0.300. The predicted octanol–water partition coefficient (Wildman–Crippen LogP) is 1.07. The molecular weight excluding hydrogens is 145 g/mol. The molecule has 0 N–H and O–H groups in total. The van der Waals surface area contributed by atoms with E-state index in [1.54, 1.807) is 0 Å². The lowest BCUT2D eigenvalue weighted by Crippen LogP contribution is -2.08. The highest BCUT2D eigenvalue weighted by molar-refractivity contribution is 6.30. The minimum Gasteiger partial charge on any atom is -0.271 e. The summed E-state index contributed by atoms with van der Waals surface area (Å²) < 4.78 is 0. The molecule has 0 saturated carbocycles. The van der Waals surface area contributed by atoms with Gasteiger partial charge in [0.05, 0.1) is 0 Å². The molecule has 12 heavy (non-hydrogen) atoms. The molecule has 0 unspecified atom stereocenters. The van der Waals surface area contributed by atoms with Crippen LogP contribution in [0.25, 0.3) is 5.57 Å². The lowest BCUT2D eigenvalue weighted by Gasteiger charge is -2.06. The Morgan fingerprint density at radius 3 is 2.83 bits per heavy atom. The highest BCUT2D eigenvalue weighted by Crippen LogP contribution is 2.17. The minimum absolute atomic E-state index is 0.992. The highest BCUT2D eigenvalue weighted by Gasteiger charge is 2.00. The van der Waals surface area contributed by atoms with Gasteiger partial charge in [-0.2, -0.15) is 0 Å². The Labute approximate surface area is 74.9 Å². The summed E-state index contributed by atoms with van der Waals surface area (Å²) in [5.41, 5.74) is 4.71. The Bertz CT molecular complexity index is 305. The van der Waals surface area contributed by atoms with Crippen LogP contribution in [0.3, 0.4) is 0 Å². The monoisotopic (exact) mass is 159 g/mol. The van der Waals surface area contributed by atoms with Crippen LogP contribution in [0.5, 0.6) is 0 Å². The molecule has 0 aromatic carbocycles. The van der Waals surface area contributed by atoms with Crippen molar-refractivity contribution in [3.05, 3.63) is 30.0 Å². The third kappa shape index (κ3) is 1.76. The van der Waals surface area contributed by atoms with Gasteiger partial charge in [-0.1, -0.05) is 13.5 Å². The highest BCUT2D eigenvalue weighted by atomic mass is 14.6. The van der Waals surface area contributed by atoms with Gasteiger partial charge in [-0.25, -0.2) is 0 Å². The first kappa shape index (κ1) is 9.05. The summed E-state index contributed by atoms with van der Waals surface area (Å²) in [6.45, 7) is 8.21. The van der Waals surface area contributed by atoms with Crippen LogP contribution in [-0.4, -0.2) is 12.8 Å². The van der Waals surface area contributed by atoms with E-state index in [1.807, 2.05) is 14.0 Å². The van der Waals surface area contributed by atoms with Crippen molar-refractivity contribution in [1.82, 2.24) is 4.98 Å². The van der Waals surface area contributed by atoms with E-state index < -0.39 is 0 Å². The van der Waals surface area contributed by atoms with Crippen LogP contribution < -0.4 is 5.59 Å². The second kappa shape index (κ2) is 3.57. The third-order valence-corrected chi connectivity index (χ3v) is 2.06. The fourth-order valence-corrected chi connectivity index (χ4v) is 1.26. The van der Waals surface area contributed by atoms with Crippen LogP contribution in [0.2, 0.25) is 0 Å². The van der Waals surface area contributed by atoms with Crippen molar-refractivity contribution in [1.29, 1.82) is 0 Å². The van der Waals surface area contributed by atoms with Crippen molar-refractivity contribution < 1.29 is 0 Å². The normalized spacial score (nSPS) is 9.83.